The highest BCUT2D eigenvalue weighted by Gasteiger charge is 2.29. The second-order valence-electron chi connectivity index (χ2n) is 13.6. The third-order valence-corrected chi connectivity index (χ3v) is 8.51. The molecular weight excluding hydrogens is 454 g/mol. The number of hydrogen-bond acceptors (Lipinski definition) is 2. The van der Waals surface area contributed by atoms with Gasteiger partial charge < -0.3 is 10.4 Å². The zero-order valence-corrected chi connectivity index (χ0v) is 25.3. The van der Waals surface area contributed by atoms with E-state index < -0.39 is 0 Å². The first-order valence-corrected chi connectivity index (χ1v) is 15.7. The number of aryl methyl sites for hydroxylation is 1. The van der Waals surface area contributed by atoms with E-state index in [9.17, 15) is 9.90 Å². The summed E-state index contributed by atoms with van der Waals surface area (Å²) in [5.41, 5.74) is 2.88. The average Bonchev–Trinajstić information content (AvgIpc) is 2.84. The molecule has 1 saturated carbocycles. The molecule has 3 nitrogen and oxygen atoms in total. The van der Waals surface area contributed by atoms with Crippen LogP contribution in [-0.4, -0.2) is 17.1 Å². The molecule has 1 fully saturated rings. The molecule has 1 aromatic carbocycles. The first kappa shape index (κ1) is 31.9. The molecule has 0 spiro atoms. The van der Waals surface area contributed by atoms with Gasteiger partial charge in [0.25, 0.3) is 0 Å². The molecular formula is C34H59NO2. The Labute approximate surface area is 229 Å². The van der Waals surface area contributed by atoms with Gasteiger partial charge in [0, 0.05) is 11.1 Å². The number of carbonyl (C=O) groups excluding carboxylic acids is 1. The van der Waals surface area contributed by atoms with E-state index in [0.717, 1.165) is 37.8 Å². The number of aliphatic hydroxyl groups excluding tert-OH is 1. The molecule has 0 saturated heterocycles. The van der Waals surface area contributed by atoms with E-state index in [4.69, 9.17) is 0 Å². The van der Waals surface area contributed by atoms with E-state index in [1.165, 1.54) is 88.2 Å². The first-order chi connectivity index (χ1) is 17.5. The Kier molecular flexibility index (Phi) is 13.7. The number of nitrogens with one attached hydrogen (secondary N) is 1. The van der Waals surface area contributed by atoms with Gasteiger partial charge in [-0.25, -0.2) is 0 Å². The van der Waals surface area contributed by atoms with Crippen molar-refractivity contribution in [2.75, 3.05) is 5.32 Å². The summed E-state index contributed by atoms with van der Waals surface area (Å²) in [6.45, 7) is 13.1. The van der Waals surface area contributed by atoms with E-state index >= 15 is 0 Å². The summed E-state index contributed by atoms with van der Waals surface area (Å²) in [4.78, 5) is 13.4. The summed E-state index contributed by atoms with van der Waals surface area (Å²) in [5, 5.41) is 14.0. The smallest absolute Gasteiger partial charge is 0.230 e. The highest BCUT2D eigenvalue weighted by Crippen LogP contribution is 2.34. The van der Waals surface area contributed by atoms with Gasteiger partial charge in [0.15, 0.2) is 0 Å². The summed E-state index contributed by atoms with van der Waals surface area (Å²) in [7, 11) is 0. The van der Waals surface area contributed by atoms with Gasteiger partial charge in [-0.1, -0.05) is 137 Å². The predicted octanol–water partition coefficient (Wildman–Crippen LogP) is 9.74. The summed E-state index contributed by atoms with van der Waals surface area (Å²) >= 11 is 0. The van der Waals surface area contributed by atoms with E-state index in [0.29, 0.717) is 5.92 Å². The summed E-state index contributed by atoms with van der Waals surface area (Å²) in [6, 6.07) is 6.54. The molecule has 1 atom stereocenters. The second kappa shape index (κ2) is 15.9. The van der Waals surface area contributed by atoms with Crippen LogP contribution in [0.15, 0.2) is 18.2 Å². The Hall–Kier alpha value is -1.35. The SMILES string of the molecule is CCCCCCCCCCC(C)(C)C(=O)Nc1cc(CCC(O)CC2CCCCC2)ccc1C(C)(C)C. The Morgan fingerprint density at radius 1 is 0.946 bits per heavy atom. The fourth-order valence-electron chi connectivity index (χ4n) is 5.87. The monoisotopic (exact) mass is 513 g/mol. The number of benzene rings is 1. The van der Waals surface area contributed by atoms with E-state index in [2.05, 4.69) is 65.1 Å². The minimum atomic E-state index is -0.385. The maximum absolute atomic E-state index is 13.4. The minimum absolute atomic E-state index is 0.0520. The highest BCUT2D eigenvalue weighted by atomic mass is 16.3. The quantitative estimate of drug-likeness (QED) is 0.216. The highest BCUT2D eigenvalue weighted by molar-refractivity contribution is 5.95. The predicted molar refractivity (Wildman–Crippen MR) is 160 cm³/mol. The third kappa shape index (κ3) is 11.9. The lowest BCUT2D eigenvalue weighted by Gasteiger charge is -2.28. The number of hydrogen-bond donors (Lipinski definition) is 2. The van der Waals surface area contributed by atoms with Crippen molar-refractivity contribution in [2.24, 2.45) is 11.3 Å². The molecule has 37 heavy (non-hydrogen) atoms. The molecule has 0 radical (unpaired) electrons. The van der Waals surface area contributed by atoms with Crippen molar-refractivity contribution in [3.63, 3.8) is 0 Å². The molecule has 1 unspecified atom stereocenters. The molecule has 1 aromatic rings. The van der Waals surface area contributed by atoms with Crippen LogP contribution in [0.25, 0.3) is 0 Å². The Bertz CT molecular complexity index is 785. The van der Waals surface area contributed by atoms with Crippen LogP contribution in [0.4, 0.5) is 5.69 Å². The molecule has 2 N–H and O–H groups in total. The van der Waals surface area contributed by atoms with Gasteiger partial charge in [0.2, 0.25) is 5.91 Å². The van der Waals surface area contributed by atoms with Crippen molar-refractivity contribution in [1.29, 1.82) is 0 Å². The van der Waals surface area contributed by atoms with Crippen molar-refractivity contribution in [3.05, 3.63) is 29.3 Å². The van der Waals surface area contributed by atoms with Crippen molar-refractivity contribution in [2.45, 2.75) is 162 Å². The Morgan fingerprint density at radius 3 is 2.19 bits per heavy atom. The van der Waals surface area contributed by atoms with Crippen molar-refractivity contribution >= 4 is 11.6 Å². The molecule has 212 valence electrons. The second-order valence-corrected chi connectivity index (χ2v) is 13.6. The van der Waals surface area contributed by atoms with Crippen molar-refractivity contribution in [1.82, 2.24) is 0 Å². The van der Waals surface area contributed by atoms with Crippen molar-refractivity contribution < 1.29 is 9.90 Å². The van der Waals surface area contributed by atoms with Crippen LogP contribution < -0.4 is 5.32 Å². The number of aliphatic hydroxyl groups is 1. The zero-order valence-electron chi connectivity index (χ0n) is 25.3. The first-order valence-electron chi connectivity index (χ1n) is 15.7. The molecule has 1 aliphatic carbocycles. The summed E-state index contributed by atoms with van der Waals surface area (Å²) in [6.07, 6.45) is 20.1. The van der Waals surface area contributed by atoms with Gasteiger partial charge in [-0.15, -0.1) is 0 Å². The molecule has 1 aliphatic rings. The minimum Gasteiger partial charge on any atom is -0.393 e. The summed E-state index contributed by atoms with van der Waals surface area (Å²) in [5.74, 6) is 0.820. The normalized spacial score (nSPS) is 16.1. The third-order valence-electron chi connectivity index (χ3n) is 8.51. The lowest BCUT2D eigenvalue weighted by molar-refractivity contribution is -0.124. The van der Waals surface area contributed by atoms with Crippen LogP contribution in [0.5, 0.6) is 0 Å². The Balaban J connectivity index is 1.92. The molecule has 0 aliphatic heterocycles. The zero-order chi connectivity index (χ0) is 27.3. The van der Waals surface area contributed by atoms with Gasteiger partial charge >= 0.3 is 0 Å². The average molecular weight is 514 g/mol. The molecule has 1 amide bonds. The summed E-state index contributed by atoms with van der Waals surface area (Å²) < 4.78 is 0. The van der Waals surface area contributed by atoms with Crippen LogP contribution >= 0.6 is 0 Å². The maximum Gasteiger partial charge on any atom is 0.230 e. The van der Waals surface area contributed by atoms with Gasteiger partial charge in [-0.05, 0) is 54.2 Å². The molecule has 0 aromatic heterocycles. The Morgan fingerprint density at radius 2 is 1.57 bits per heavy atom. The van der Waals surface area contributed by atoms with Crippen LogP contribution in [0.2, 0.25) is 0 Å². The largest absolute Gasteiger partial charge is 0.393 e. The van der Waals surface area contributed by atoms with Gasteiger partial charge in [-0.2, -0.15) is 0 Å². The number of unbranched alkanes of at least 4 members (excludes halogenated alkanes) is 7. The maximum atomic E-state index is 13.4. The van der Waals surface area contributed by atoms with Crippen LogP contribution in [-0.2, 0) is 16.6 Å². The number of rotatable bonds is 16. The molecule has 0 bridgehead atoms. The van der Waals surface area contributed by atoms with Crippen LogP contribution in [0.3, 0.4) is 0 Å². The van der Waals surface area contributed by atoms with E-state index in [1.54, 1.807) is 0 Å². The van der Waals surface area contributed by atoms with E-state index in [-0.39, 0.29) is 22.8 Å². The van der Waals surface area contributed by atoms with Gasteiger partial charge in [0.1, 0.15) is 0 Å². The van der Waals surface area contributed by atoms with E-state index in [1.807, 2.05) is 0 Å². The molecule has 0 heterocycles. The van der Waals surface area contributed by atoms with Gasteiger partial charge in [-0.3, -0.25) is 4.79 Å². The number of carbonyl (C=O) groups is 1. The van der Waals surface area contributed by atoms with Crippen LogP contribution in [0, 0.1) is 11.3 Å². The molecule has 3 heteroatoms. The van der Waals surface area contributed by atoms with Gasteiger partial charge in [0.05, 0.1) is 6.10 Å². The topological polar surface area (TPSA) is 49.3 Å². The fourth-order valence-corrected chi connectivity index (χ4v) is 5.87. The standard InChI is InChI=1S/C34H59NO2/c1-7-8-9-10-11-12-13-17-24-34(5,6)32(37)35-31-26-28(21-23-30(31)33(2,3)4)20-22-29(36)25-27-18-15-14-16-19-27/h21,23,26-27,29,36H,7-20,22,24-25H2,1-6H3,(H,35,37). The molecule has 2 rings (SSSR count). The lowest BCUT2D eigenvalue weighted by Crippen LogP contribution is -2.32. The van der Waals surface area contributed by atoms with Crippen molar-refractivity contribution in [3.8, 4) is 0 Å². The number of anilines is 1. The van der Waals surface area contributed by atoms with Crippen LogP contribution in [0.1, 0.15) is 155 Å². The lowest BCUT2D eigenvalue weighted by atomic mass is 9.82. The fraction of sp³-hybridized carbons (Fsp3) is 0.794. The number of amides is 1.